The number of hydrogen-bond donors (Lipinski definition) is 1. The van der Waals surface area contributed by atoms with E-state index in [1.165, 1.54) is 6.07 Å². The topological polar surface area (TPSA) is 43.8 Å². The van der Waals surface area contributed by atoms with E-state index in [9.17, 15) is 4.39 Å². The van der Waals surface area contributed by atoms with Gasteiger partial charge in [0.05, 0.1) is 0 Å². The fraction of sp³-hybridized carbons (Fsp3) is 0.438. The summed E-state index contributed by atoms with van der Waals surface area (Å²) in [5.41, 5.74) is 7.03. The van der Waals surface area contributed by atoms with Crippen LogP contribution in [-0.2, 0) is 5.54 Å². The predicted octanol–water partition coefficient (Wildman–Crippen LogP) is 4.91. The van der Waals surface area contributed by atoms with Gasteiger partial charge < -0.3 is 10.3 Å². The molecule has 2 rings (SSSR count). The summed E-state index contributed by atoms with van der Waals surface area (Å²) in [6, 6.07) is 4.93. The predicted molar refractivity (Wildman–Crippen MR) is 88.8 cm³/mol. The second-order valence-corrected chi connectivity index (χ2v) is 7.40. The molecule has 114 valence electrons. The van der Waals surface area contributed by atoms with Crippen LogP contribution in [0.25, 0.3) is 11.3 Å². The minimum absolute atomic E-state index is 0.207. The van der Waals surface area contributed by atoms with Crippen molar-refractivity contribution in [2.75, 3.05) is 5.73 Å². The van der Waals surface area contributed by atoms with Crippen molar-refractivity contribution in [2.24, 2.45) is 0 Å². The fourth-order valence-corrected chi connectivity index (χ4v) is 2.76. The molecule has 0 bridgehead atoms. The average Bonchev–Trinajstić information content (AvgIpc) is 2.67. The minimum Gasteiger partial charge on any atom is -0.383 e. The van der Waals surface area contributed by atoms with Crippen molar-refractivity contribution in [1.29, 1.82) is 0 Å². The summed E-state index contributed by atoms with van der Waals surface area (Å²) in [6.45, 7) is 10.3. The number of imidazole rings is 1. The van der Waals surface area contributed by atoms with Crippen molar-refractivity contribution >= 4 is 21.7 Å². The molecule has 0 saturated carbocycles. The van der Waals surface area contributed by atoms with E-state index in [4.69, 9.17) is 5.73 Å². The van der Waals surface area contributed by atoms with E-state index in [0.29, 0.717) is 21.5 Å². The van der Waals surface area contributed by atoms with Crippen LogP contribution in [0.15, 0.2) is 22.7 Å². The highest BCUT2D eigenvalue weighted by atomic mass is 79.9. The van der Waals surface area contributed by atoms with Gasteiger partial charge in [-0.1, -0.05) is 29.8 Å². The Kier molecular flexibility index (Phi) is 4.15. The lowest BCUT2D eigenvalue weighted by molar-refractivity contribution is 0.382. The number of rotatable bonds is 2. The lowest BCUT2D eigenvalue weighted by Crippen LogP contribution is -2.26. The Morgan fingerprint density at radius 3 is 2.33 bits per heavy atom. The number of nitrogens with zero attached hydrogens (tertiary/aromatic N) is 2. The van der Waals surface area contributed by atoms with E-state index in [0.717, 1.165) is 5.82 Å². The Balaban J connectivity index is 2.71. The Bertz CT molecular complexity index is 669. The van der Waals surface area contributed by atoms with Gasteiger partial charge in [0, 0.05) is 21.5 Å². The highest BCUT2D eigenvalue weighted by molar-refractivity contribution is 9.10. The van der Waals surface area contributed by atoms with Gasteiger partial charge in [0.1, 0.15) is 23.2 Å². The molecule has 0 aliphatic heterocycles. The first-order chi connectivity index (χ1) is 9.62. The first kappa shape index (κ1) is 16.0. The van der Waals surface area contributed by atoms with Gasteiger partial charge in [0.15, 0.2) is 0 Å². The molecule has 1 aromatic heterocycles. The van der Waals surface area contributed by atoms with E-state index in [1.54, 1.807) is 12.1 Å². The zero-order valence-corrected chi connectivity index (χ0v) is 14.6. The molecule has 0 saturated heterocycles. The van der Waals surface area contributed by atoms with Crippen molar-refractivity contribution in [2.45, 2.75) is 46.1 Å². The maximum atomic E-state index is 14.2. The summed E-state index contributed by atoms with van der Waals surface area (Å²) in [6.07, 6.45) is 0. The van der Waals surface area contributed by atoms with Crippen LogP contribution in [0.1, 0.15) is 46.4 Å². The smallest absolute Gasteiger partial charge is 0.133 e. The number of aromatic nitrogens is 2. The number of halogens is 2. The van der Waals surface area contributed by atoms with Crippen LogP contribution >= 0.6 is 15.9 Å². The zero-order valence-electron chi connectivity index (χ0n) is 13.0. The fourth-order valence-electron chi connectivity index (χ4n) is 2.42. The standard InChI is InChI=1S/C16H21BrFN3/c1-9(2)15-20-13(14(19)21(15)16(3,4)5)11-7-6-10(17)8-12(11)18/h6-9H,19H2,1-5H3. The quantitative estimate of drug-likeness (QED) is 0.833. The summed E-state index contributed by atoms with van der Waals surface area (Å²) in [5.74, 6) is 1.26. The molecule has 0 amide bonds. The van der Waals surface area contributed by atoms with Crippen molar-refractivity contribution in [3.05, 3.63) is 34.3 Å². The van der Waals surface area contributed by atoms with E-state index in [1.807, 2.05) is 4.57 Å². The van der Waals surface area contributed by atoms with Crippen LogP contribution in [0.3, 0.4) is 0 Å². The lowest BCUT2D eigenvalue weighted by Gasteiger charge is -2.26. The van der Waals surface area contributed by atoms with Crippen LogP contribution < -0.4 is 5.73 Å². The Morgan fingerprint density at radius 2 is 1.90 bits per heavy atom. The van der Waals surface area contributed by atoms with Crippen molar-refractivity contribution in [3.8, 4) is 11.3 Å². The van der Waals surface area contributed by atoms with Crippen LogP contribution in [0, 0.1) is 5.82 Å². The molecule has 0 radical (unpaired) electrons. The second kappa shape index (κ2) is 5.44. The Labute approximate surface area is 133 Å². The number of benzene rings is 1. The molecule has 5 heteroatoms. The summed E-state index contributed by atoms with van der Waals surface area (Å²) < 4.78 is 16.9. The first-order valence-electron chi connectivity index (χ1n) is 6.97. The number of nitrogen functional groups attached to an aromatic ring is 1. The number of anilines is 1. The molecule has 0 unspecified atom stereocenters. The zero-order chi connectivity index (χ0) is 15.9. The molecule has 21 heavy (non-hydrogen) atoms. The lowest BCUT2D eigenvalue weighted by atomic mass is 10.1. The summed E-state index contributed by atoms with van der Waals surface area (Å²) in [7, 11) is 0. The molecule has 2 N–H and O–H groups in total. The molecule has 0 aliphatic carbocycles. The monoisotopic (exact) mass is 353 g/mol. The van der Waals surface area contributed by atoms with Crippen LogP contribution in [0.5, 0.6) is 0 Å². The summed E-state index contributed by atoms with van der Waals surface area (Å²) >= 11 is 3.27. The molecule has 3 nitrogen and oxygen atoms in total. The van der Waals surface area contributed by atoms with Gasteiger partial charge in [0.2, 0.25) is 0 Å². The Hall–Kier alpha value is -1.36. The number of hydrogen-bond acceptors (Lipinski definition) is 2. The molecule has 1 heterocycles. The van der Waals surface area contributed by atoms with Gasteiger partial charge in [-0.15, -0.1) is 0 Å². The molecule has 0 fully saturated rings. The van der Waals surface area contributed by atoms with Crippen LogP contribution in [-0.4, -0.2) is 9.55 Å². The van der Waals surface area contributed by atoms with E-state index < -0.39 is 0 Å². The summed E-state index contributed by atoms with van der Waals surface area (Å²) in [4.78, 5) is 4.62. The van der Waals surface area contributed by atoms with Gasteiger partial charge in [-0.2, -0.15) is 0 Å². The van der Waals surface area contributed by atoms with Gasteiger partial charge in [0.25, 0.3) is 0 Å². The molecule has 0 atom stereocenters. The van der Waals surface area contributed by atoms with Gasteiger partial charge in [-0.05, 0) is 39.0 Å². The Morgan fingerprint density at radius 1 is 1.29 bits per heavy atom. The van der Waals surface area contributed by atoms with E-state index >= 15 is 0 Å². The summed E-state index contributed by atoms with van der Waals surface area (Å²) in [5, 5.41) is 0. The first-order valence-corrected chi connectivity index (χ1v) is 7.76. The maximum Gasteiger partial charge on any atom is 0.133 e. The largest absolute Gasteiger partial charge is 0.383 e. The molecule has 0 spiro atoms. The number of nitrogens with two attached hydrogens (primary N) is 1. The highest BCUT2D eigenvalue weighted by Gasteiger charge is 2.26. The van der Waals surface area contributed by atoms with Crippen LogP contribution in [0.4, 0.5) is 10.2 Å². The van der Waals surface area contributed by atoms with Crippen molar-refractivity contribution < 1.29 is 4.39 Å². The normalized spacial score (nSPS) is 12.2. The molecular formula is C16H21BrFN3. The van der Waals surface area contributed by atoms with Gasteiger partial charge in [-0.25, -0.2) is 9.37 Å². The SMILES string of the molecule is CC(C)c1nc(-c2ccc(Br)cc2F)c(N)n1C(C)(C)C. The third-order valence-electron chi connectivity index (χ3n) is 3.31. The van der Waals surface area contributed by atoms with E-state index in [-0.39, 0.29) is 17.3 Å². The minimum atomic E-state index is -0.329. The van der Waals surface area contributed by atoms with Crippen molar-refractivity contribution in [1.82, 2.24) is 9.55 Å². The van der Waals surface area contributed by atoms with Crippen LogP contribution in [0.2, 0.25) is 0 Å². The third-order valence-corrected chi connectivity index (χ3v) is 3.81. The second-order valence-electron chi connectivity index (χ2n) is 6.49. The van der Waals surface area contributed by atoms with E-state index in [2.05, 4.69) is 55.5 Å². The highest BCUT2D eigenvalue weighted by Crippen LogP contribution is 2.35. The molecule has 0 aliphatic rings. The molecular weight excluding hydrogens is 333 g/mol. The third kappa shape index (κ3) is 2.98. The maximum absolute atomic E-state index is 14.2. The van der Waals surface area contributed by atoms with Gasteiger partial charge >= 0.3 is 0 Å². The molecule has 1 aromatic carbocycles. The molecule has 2 aromatic rings. The van der Waals surface area contributed by atoms with Crippen molar-refractivity contribution in [3.63, 3.8) is 0 Å². The van der Waals surface area contributed by atoms with Gasteiger partial charge in [-0.3, -0.25) is 0 Å². The average molecular weight is 354 g/mol.